The molecule has 3 rings (SSSR count). The van der Waals surface area contributed by atoms with Crippen LogP contribution in [0, 0.1) is 0 Å². The summed E-state index contributed by atoms with van der Waals surface area (Å²) < 4.78 is 5.59. The van der Waals surface area contributed by atoms with Gasteiger partial charge in [-0.25, -0.2) is 4.79 Å². The Kier molecular flexibility index (Phi) is 9.35. The van der Waals surface area contributed by atoms with Gasteiger partial charge in [0.2, 0.25) is 5.91 Å². The number of nitrogens with zero attached hydrogens (tertiary/aromatic N) is 1. The number of pyridine rings is 1. The van der Waals surface area contributed by atoms with Crippen LogP contribution < -0.4 is 20.7 Å². The molecule has 7 nitrogen and oxygen atoms in total. The van der Waals surface area contributed by atoms with E-state index in [0.29, 0.717) is 54.0 Å². The molecule has 172 valence electrons. The summed E-state index contributed by atoms with van der Waals surface area (Å²) in [6.07, 6.45) is 4.20. The number of nitrogens with one attached hydrogen (secondary N) is 3. The summed E-state index contributed by atoms with van der Waals surface area (Å²) in [4.78, 5) is 28.2. The van der Waals surface area contributed by atoms with E-state index >= 15 is 0 Å². The lowest BCUT2D eigenvalue weighted by molar-refractivity contribution is -0.121. The zero-order valence-corrected chi connectivity index (χ0v) is 19.3. The molecule has 0 bridgehead atoms. The van der Waals surface area contributed by atoms with E-state index in [0.717, 1.165) is 11.1 Å². The van der Waals surface area contributed by atoms with Crippen LogP contribution in [0.5, 0.6) is 5.75 Å². The Hall–Kier alpha value is -3.29. The van der Waals surface area contributed by atoms with Crippen LogP contribution in [0.4, 0.5) is 10.5 Å². The molecule has 3 amide bonds. The molecule has 0 aliphatic carbocycles. The van der Waals surface area contributed by atoms with Crippen LogP contribution in [0.15, 0.2) is 67.0 Å². The summed E-state index contributed by atoms with van der Waals surface area (Å²) in [7, 11) is 0. The molecule has 1 heterocycles. The van der Waals surface area contributed by atoms with Gasteiger partial charge in [-0.1, -0.05) is 41.4 Å². The number of halogens is 2. The van der Waals surface area contributed by atoms with Crippen LogP contribution in [-0.2, 0) is 17.9 Å². The number of aromatic nitrogens is 1. The number of hydrogen-bond donors (Lipinski definition) is 3. The standard InChI is InChI=1S/C24H24Cl2N4O3/c25-20-6-2-7-21(23(20)26)33-13-3-8-22(31)28-16-18-4-1-5-19(14-18)30-24(32)29-15-17-9-11-27-12-10-17/h1-2,4-7,9-12,14H,3,8,13,15-16H2,(H,28,31)(H2,29,30,32). The lowest BCUT2D eigenvalue weighted by Gasteiger charge is -2.10. The molecule has 3 aromatic rings. The average molecular weight is 487 g/mol. The third-order valence-electron chi connectivity index (χ3n) is 4.60. The first kappa shape index (κ1) is 24.4. The van der Waals surface area contributed by atoms with E-state index in [9.17, 15) is 9.59 Å². The van der Waals surface area contributed by atoms with Gasteiger partial charge in [0.05, 0.1) is 11.6 Å². The third kappa shape index (κ3) is 8.29. The molecule has 0 aliphatic heterocycles. The fraction of sp³-hybridized carbons (Fsp3) is 0.208. The first-order valence-corrected chi connectivity index (χ1v) is 11.1. The average Bonchev–Trinajstić information content (AvgIpc) is 2.82. The van der Waals surface area contributed by atoms with Gasteiger partial charge >= 0.3 is 6.03 Å². The van der Waals surface area contributed by atoms with Crippen molar-refractivity contribution in [3.8, 4) is 5.75 Å². The highest BCUT2D eigenvalue weighted by molar-refractivity contribution is 6.42. The van der Waals surface area contributed by atoms with Crippen LogP contribution in [0.25, 0.3) is 0 Å². The van der Waals surface area contributed by atoms with Crippen molar-refractivity contribution >= 4 is 40.8 Å². The number of ether oxygens (including phenoxy) is 1. The summed E-state index contributed by atoms with van der Waals surface area (Å²) in [5.74, 6) is 0.406. The largest absolute Gasteiger partial charge is 0.492 e. The number of carbonyl (C=O) groups excluding carboxylic acids is 2. The maximum Gasteiger partial charge on any atom is 0.319 e. The van der Waals surface area contributed by atoms with Crippen LogP contribution in [0.1, 0.15) is 24.0 Å². The minimum Gasteiger partial charge on any atom is -0.492 e. The van der Waals surface area contributed by atoms with E-state index < -0.39 is 0 Å². The smallest absolute Gasteiger partial charge is 0.319 e. The molecular weight excluding hydrogens is 463 g/mol. The van der Waals surface area contributed by atoms with E-state index in [-0.39, 0.29) is 11.9 Å². The number of urea groups is 1. The number of rotatable bonds is 10. The molecule has 33 heavy (non-hydrogen) atoms. The molecule has 0 atom stereocenters. The molecule has 9 heteroatoms. The molecule has 0 spiro atoms. The predicted octanol–water partition coefficient (Wildman–Crippen LogP) is 5.19. The summed E-state index contributed by atoms with van der Waals surface area (Å²) in [5, 5.41) is 9.24. The fourth-order valence-corrected chi connectivity index (χ4v) is 3.26. The molecule has 0 saturated heterocycles. The Morgan fingerprint density at radius 2 is 1.67 bits per heavy atom. The van der Waals surface area contributed by atoms with Gasteiger partial charge in [-0.2, -0.15) is 0 Å². The lowest BCUT2D eigenvalue weighted by atomic mass is 10.2. The summed E-state index contributed by atoms with van der Waals surface area (Å²) in [6, 6.07) is 15.8. The Morgan fingerprint density at radius 1 is 0.909 bits per heavy atom. The summed E-state index contributed by atoms with van der Waals surface area (Å²) in [6.45, 7) is 1.10. The molecule has 0 fully saturated rings. The highest BCUT2D eigenvalue weighted by Gasteiger charge is 2.07. The SMILES string of the molecule is O=C(CCCOc1cccc(Cl)c1Cl)NCc1cccc(NC(=O)NCc2ccncc2)c1. The molecule has 1 aromatic heterocycles. The van der Waals surface area contributed by atoms with E-state index in [1.807, 2.05) is 30.3 Å². The van der Waals surface area contributed by atoms with Crippen LogP contribution in [-0.4, -0.2) is 23.5 Å². The van der Waals surface area contributed by atoms with E-state index in [1.54, 1.807) is 36.7 Å². The Labute approximate surface area is 202 Å². The van der Waals surface area contributed by atoms with Crippen molar-refractivity contribution in [2.24, 2.45) is 0 Å². The van der Waals surface area contributed by atoms with Crippen molar-refractivity contribution in [3.63, 3.8) is 0 Å². The van der Waals surface area contributed by atoms with Crippen molar-refractivity contribution < 1.29 is 14.3 Å². The van der Waals surface area contributed by atoms with Crippen LogP contribution >= 0.6 is 23.2 Å². The second-order valence-corrected chi connectivity index (χ2v) is 7.93. The summed E-state index contributed by atoms with van der Waals surface area (Å²) >= 11 is 12.0. The predicted molar refractivity (Wildman–Crippen MR) is 130 cm³/mol. The topological polar surface area (TPSA) is 92.4 Å². The second kappa shape index (κ2) is 12.7. The molecule has 2 aromatic carbocycles. The number of benzene rings is 2. The third-order valence-corrected chi connectivity index (χ3v) is 5.40. The van der Waals surface area contributed by atoms with Gasteiger partial charge in [0.25, 0.3) is 0 Å². The summed E-state index contributed by atoms with van der Waals surface area (Å²) in [5.41, 5.74) is 2.47. The molecule has 0 radical (unpaired) electrons. The van der Waals surface area contributed by atoms with Crippen molar-refractivity contribution in [2.75, 3.05) is 11.9 Å². The van der Waals surface area contributed by atoms with E-state index in [1.165, 1.54) is 0 Å². The van der Waals surface area contributed by atoms with Gasteiger partial charge in [-0.15, -0.1) is 0 Å². The molecular formula is C24H24Cl2N4O3. The van der Waals surface area contributed by atoms with Gasteiger partial charge in [-0.05, 0) is 53.9 Å². The zero-order valence-electron chi connectivity index (χ0n) is 17.8. The van der Waals surface area contributed by atoms with Gasteiger partial charge < -0.3 is 20.7 Å². The van der Waals surface area contributed by atoms with E-state index in [2.05, 4.69) is 20.9 Å². The highest BCUT2D eigenvalue weighted by atomic mass is 35.5. The van der Waals surface area contributed by atoms with Crippen molar-refractivity contribution in [1.82, 2.24) is 15.6 Å². The minimum absolute atomic E-state index is 0.0933. The number of hydrogen-bond acceptors (Lipinski definition) is 4. The maximum absolute atomic E-state index is 12.1. The van der Waals surface area contributed by atoms with Gasteiger partial charge in [0, 0.05) is 37.6 Å². The fourth-order valence-electron chi connectivity index (χ4n) is 2.92. The van der Waals surface area contributed by atoms with Crippen molar-refractivity contribution in [2.45, 2.75) is 25.9 Å². The lowest BCUT2D eigenvalue weighted by Crippen LogP contribution is -2.28. The minimum atomic E-state index is -0.312. The quantitative estimate of drug-likeness (QED) is 0.344. The van der Waals surface area contributed by atoms with Crippen LogP contribution in [0.3, 0.4) is 0 Å². The first-order valence-electron chi connectivity index (χ1n) is 10.4. The van der Waals surface area contributed by atoms with Gasteiger partial charge in [-0.3, -0.25) is 9.78 Å². The molecule has 0 unspecified atom stereocenters. The molecule has 0 saturated carbocycles. The van der Waals surface area contributed by atoms with Crippen LogP contribution in [0.2, 0.25) is 10.0 Å². The monoisotopic (exact) mass is 486 g/mol. The van der Waals surface area contributed by atoms with Crippen molar-refractivity contribution in [1.29, 1.82) is 0 Å². The number of carbonyl (C=O) groups is 2. The molecule has 0 aliphatic rings. The molecule has 3 N–H and O–H groups in total. The van der Waals surface area contributed by atoms with Gasteiger partial charge in [0.15, 0.2) is 0 Å². The van der Waals surface area contributed by atoms with E-state index in [4.69, 9.17) is 27.9 Å². The first-order chi connectivity index (χ1) is 16.0. The normalized spacial score (nSPS) is 10.4. The van der Waals surface area contributed by atoms with Gasteiger partial charge in [0.1, 0.15) is 10.8 Å². The Balaban J connectivity index is 1.36. The zero-order chi connectivity index (χ0) is 23.5. The number of amides is 3. The number of anilines is 1. The Bertz CT molecular complexity index is 1080. The Morgan fingerprint density at radius 3 is 2.48 bits per heavy atom. The highest BCUT2D eigenvalue weighted by Crippen LogP contribution is 2.31. The maximum atomic E-state index is 12.1. The second-order valence-electron chi connectivity index (χ2n) is 7.14. The van der Waals surface area contributed by atoms with Crippen molar-refractivity contribution in [3.05, 3.63) is 88.2 Å².